The molecule has 1 aliphatic carbocycles. The molecule has 1 N–H and O–H groups in total. The van der Waals surface area contributed by atoms with E-state index < -0.39 is 0 Å². The summed E-state index contributed by atoms with van der Waals surface area (Å²) in [5.74, 6) is 1.92. The topological polar surface area (TPSA) is 28.2 Å². The van der Waals surface area contributed by atoms with Gasteiger partial charge in [-0.1, -0.05) is 13.0 Å². The van der Waals surface area contributed by atoms with Crippen molar-refractivity contribution >= 4 is 5.82 Å². The van der Waals surface area contributed by atoms with Gasteiger partial charge in [-0.3, -0.25) is 0 Å². The van der Waals surface area contributed by atoms with Crippen molar-refractivity contribution < 1.29 is 0 Å². The molecule has 1 saturated heterocycles. The summed E-state index contributed by atoms with van der Waals surface area (Å²) in [5.41, 5.74) is 1.30. The van der Waals surface area contributed by atoms with Crippen LogP contribution in [0.3, 0.4) is 0 Å². The zero-order valence-corrected chi connectivity index (χ0v) is 12.1. The van der Waals surface area contributed by atoms with Crippen LogP contribution in [0.1, 0.15) is 45.1 Å². The molecule has 0 bridgehead atoms. The van der Waals surface area contributed by atoms with Gasteiger partial charge in [-0.15, -0.1) is 0 Å². The highest BCUT2D eigenvalue weighted by Crippen LogP contribution is 2.27. The largest absolute Gasteiger partial charge is 0.354 e. The minimum Gasteiger partial charge on any atom is -0.354 e. The van der Waals surface area contributed by atoms with E-state index in [9.17, 15) is 0 Å². The van der Waals surface area contributed by atoms with Gasteiger partial charge >= 0.3 is 0 Å². The first-order valence-electron chi connectivity index (χ1n) is 7.69. The lowest BCUT2D eigenvalue weighted by atomic mass is 9.92. The number of rotatable bonds is 4. The molecule has 3 nitrogen and oxygen atoms in total. The fourth-order valence-corrected chi connectivity index (χ4v) is 2.90. The van der Waals surface area contributed by atoms with E-state index in [1.165, 1.54) is 31.2 Å². The second-order valence-corrected chi connectivity index (χ2v) is 6.23. The lowest BCUT2D eigenvalue weighted by molar-refractivity contribution is 0.361. The van der Waals surface area contributed by atoms with E-state index in [0.717, 1.165) is 30.9 Å². The lowest BCUT2D eigenvalue weighted by Gasteiger charge is -2.38. The Morgan fingerprint density at radius 1 is 1.26 bits per heavy atom. The third-order valence-electron chi connectivity index (χ3n) is 4.65. The third kappa shape index (κ3) is 3.08. The highest BCUT2D eigenvalue weighted by molar-refractivity contribution is 5.41. The Morgan fingerprint density at radius 3 is 2.79 bits per heavy atom. The van der Waals surface area contributed by atoms with Crippen molar-refractivity contribution in [3.8, 4) is 0 Å². The summed E-state index contributed by atoms with van der Waals surface area (Å²) < 4.78 is 0. The molecule has 2 unspecified atom stereocenters. The van der Waals surface area contributed by atoms with Gasteiger partial charge in [-0.2, -0.15) is 0 Å². The van der Waals surface area contributed by atoms with Crippen molar-refractivity contribution in [2.75, 3.05) is 11.4 Å². The van der Waals surface area contributed by atoms with Crippen molar-refractivity contribution in [3.63, 3.8) is 0 Å². The average molecular weight is 259 g/mol. The molecule has 1 aliphatic heterocycles. The number of nitrogens with zero attached hydrogens (tertiary/aromatic N) is 2. The first-order valence-corrected chi connectivity index (χ1v) is 7.69. The van der Waals surface area contributed by atoms with Crippen LogP contribution in [0.15, 0.2) is 18.3 Å². The molecule has 0 amide bonds. The predicted molar refractivity (Wildman–Crippen MR) is 79.3 cm³/mol. The highest BCUT2D eigenvalue weighted by atomic mass is 15.2. The molecular weight excluding hydrogens is 234 g/mol. The van der Waals surface area contributed by atoms with Gasteiger partial charge in [0.2, 0.25) is 0 Å². The molecule has 2 heterocycles. The zero-order valence-electron chi connectivity index (χ0n) is 12.1. The number of hydrogen-bond donors (Lipinski definition) is 1. The van der Waals surface area contributed by atoms with E-state index in [4.69, 9.17) is 0 Å². The summed E-state index contributed by atoms with van der Waals surface area (Å²) in [6, 6.07) is 5.79. The fourth-order valence-electron chi connectivity index (χ4n) is 2.90. The zero-order chi connectivity index (χ0) is 13.2. The van der Waals surface area contributed by atoms with Crippen LogP contribution in [0, 0.1) is 5.92 Å². The number of hydrogen-bond acceptors (Lipinski definition) is 3. The number of piperidine rings is 1. The molecule has 3 heteroatoms. The standard InChI is InChI=1S/C16H25N3/c1-12-4-3-9-19(13(12)2)16-8-5-14(11-18-16)10-17-15-6-7-15/h5,8,11-13,15,17H,3-4,6-7,9-10H2,1-2H3. The molecule has 1 saturated carbocycles. The fraction of sp³-hybridized carbons (Fsp3) is 0.688. The summed E-state index contributed by atoms with van der Waals surface area (Å²) in [6.07, 6.45) is 7.36. The quantitative estimate of drug-likeness (QED) is 0.901. The molecule has 2 fully saturated rings. The lowest BCUT2D eigenvalue weighted by Crippen LogP contribution is -2.42. The summed E-state index contributed by atoms with van der Waals surface area (Å²) in [7, 11) is 0. The van der Waals surface area contributed by atoms with Crippen LogP contribution >= 0.6 is 0 Å². The molecule has 1 aromatic heterocycles. The summed E-state index contributed by atoms with van der Waals surface area (Å²) in [6.45, 7) is 6.79. The molecule has 3 rings (SSSR count). The van der Waals surface area contributed by atoms with Crippen molar-refractivity contribution in [1.29, 1.82) is 0 Å². The van der Waals surface area contributed by atoms with Crippen LogP contribution in [0.4, 0.5) is 5.82 Å². The van der Waals surface area contributed by atoms with Crippen LogP contribution in [0.5, 0.6) is 0 Å². The second-order valence-electron chi connectivity index (χ2n) is 6.23. The van der Waals surface area contributed by atoms with E-state index >= 15 is 0 Å². The van der Waals surface area contributed by atoms with E-state index in [2.05, 4.69) is 41.2 Å². The molecule has 0 spiro atoms. The number of pyridine rings is 1. The second kappa shape index (κ2) is 5.49. The third-order valence-corrected chi connectivity index (χ3v) is 4.65. The van der Waals surface area contributed by atoms with Crippen molar-refractivity contribution in [2.24, 2.45) is 5.92 Å². The molecule has 19 heavy (non-hydrogen) atoms. The van der Waals surface area contributed by atoms with Crippen LogP contribution in [0.2, 0.25) is 0 Å². The van der Waals surface area contributed by atoms with Crippen LogP contribution in [0.25, 0.3) is 0 Å². The maximum Gasteiger partial charge on any atom is 0.128 e. The van der Waals surface area contributed by atoms with Crippen molar-refractivity contribution in [1.82, 2.24) is 10.3 Å². The van der Waals surface area contributed by atoms with E-state index in [0.29, 0.717) is 6.04 Å². The van der Waals surface area contributed by atoms with E-state index in [1.807, 2.05) is 6.20 Å². The minimum atomic E-state index is 0.608. The van der Waals surface area contributed by atoms with Gasteiger partial charge in [-0.25, -0.2) is 4.98 Å². The average Bonchev–Trinajstić information content (AvgIpc) is 3.25. The Morgan fingerprint density at radius 2 is 2.11 bits per heavy atom. The van der Waals surface area contributed by atoms with Gasteiger partial charge in [0.25, 0.3) is 0 Å². The first-order chi connectivity index (χ1) is 9.24. The van der Waals surface area contributed by atoms with Gasteiger partial charge in [0.05, 0.1) is 0 Å². The SMILES string of the molecule is CC1CCCN(c2ccc(CNC3CC3)cn2)C1C. The maximum atomic E-state index is 4.67. The molecule has 2 aliphatic rings. The molecule has 1 aromatic rings. The van der Waals surface area contributed by atoms with Gasteiger partial charge in [0, 0.05) is 31.4 Å². The number of aromatic nitrogens is 1. The van der Waals surface area contributed by atoms with Crippen molar-refractivity contribution in [2.45, 2.75) is 58.2 Å². The van der Waals surface area contributed by atoms with Crippen molar-refractivity contribution in [3.05, 3.63) is 23.9 Å². The number of nitrogens with one attached hydrogen (secondary N) is 1. The molecular formula is C16H25N3. The smallest absolute Gasteiger partial charge is 0.128 e. The van der Waals surface area contributed by atoms with Gasteiger partial charge < -0.3 is 10.2 Å². The normalized spacial score (nSPS) is 27.6. The van der Waals surface area contributed by atoms with E-state index in [1.54, 1.807) is 0 Å². The van der Waals surface area contributed by atoms with Crippen LogP contribution < -0.4 is 10.2 Å². The van der Waals surface area contributed by atoms with Crippen LogP contribution in [-0.2, 0) is 6.54 Å². The number of anilines is 1. The van der Waals surface area contributed by atoms with Crippen LogP contribution in [-0.4, -0.2) is 23.6 Å². The van der Waals surface area contributed by atoms with Gasteiger partial charge in [0.1, 0.15) is 5.82 Å². The van der Waals surface area contributed by atoms with Gasteiger partial charge in [-0.05, 0) is 50.2 Å². The summed E-state index contributed by atoms with van der Waals surface area (Å²) in [4.78, 5) is 7.14. The van der Waals surface area contributed by atoms with E-state index in [-0.39, 0.29) is 0 Å². The highest BCUT2D eigenvalue weighted by Gasteiger charge is 2.25. The minimum absolute atomic E-state index is 0.608. The summed E-state index contributed by atoms with van der Waals surface area (Å²) in [5, 5.41) is 3.53. The summed E-state index contributed by atoms with van der Waals surface area (Å²) >= 11 is 0. The Labute approximate surface area is 116 Å². The van der Waals surface area contributed by atoms with Gasteiger partial charge in [0.15, 0.2) is 0 Å². The Kier molecular flexibility index (Phi) is 3.74. The Hall–Kier alpha value is -1.09. The molecule has 0 aromatic carbocycles. The predicted octanol–water partition coefficient (Wildman–Crippen LogP) is 2.96. The first kappa shape index (κ1) is 12.9. The Bertz CT molecular complexity index is 411. The maximum absolute atomic E-state index is 4.67. The molecule has 104 valence electrons. The molecule has 0 radical (unpaired) electrons. The Balaban J connectivity index is 1.63. The monoisotopic (exact) mass is 259 g/mol. The molecule has 2 atom stereocenters.